The van der Waals surface area contributed by atoms with Crippen LogP contribution < -0.4 is 5.32 Å². The number of nitrogens with zero attached hydrogens (tertiary/aromatic N) is 1. The Morgan fingerprint density at radius 2 is 2.07 bits per heavy atom. The molecule has 3 rings (SSSR count). The Kier molecular flexibility index (Phi) is 6.46. The van der Waals surface area contributed by atoms with Crippen molar-refractivity contribution < 1.29 is 23.1 Å². The van der Waals surface area contributed by atoms with Crippen molar-refractivity contribution in [3.05, 3.63) is 53.2 Å². The minimum atomic E-state index is -0.493. The summed E-state index contributed by atoms with van der Waals surface area (Å²) in [7, 11) is 0. The van der Waals surface area contributed by atoms with Crippen LogP contribution in [0.1, 0.15) is 41.1 Å². The van der Waals surface area contributed by atoms with Crippen LogP contribution >= 0.6 is 0 Å². The third kappa shape index (κ3) is 4.98. The van der Waals surface area contributed by atoms with Crippen LogP contribution in [0.4, 0.5) is 10.1 Å². The predicted molar refractivity (Wildman–Crippen MR) is 103 cm³/mol. The van der Waals surface area contributed by atoms with E-state index < -0.39 is 5.82 Å². The first-order valence-electron chi connectivity index (χ1n) is 9.46. The van der Waals surface area contributed by atoms with Crippen molar-refractivity contribution in [1.29, 1.82) is 0 Å². The van der Waals surface area contributed by atoms with Crippen molar-refractivity contribution in [3.63, 3.8) is 0 Å². The number of hydrogen-bond donors (Lipinski definition) is 1. The smallest absolute Gasteiger partial charge is 0.257 e. The summed E-state index contributed by atoms with van der Waals surface area (Å²) in [5.41, 5.74) is 0.621. The minimum Gasteiger partial charge on any atom is -0.466 e. The van der Waals surface area contributed by atoms with Gasteiger partial charge in [0, 0.05) is 26.1 Å². The maximum atomic E-state index is 13.7. The van der Waals surface area contributed by atoms with E-state index in [1.54, 1.807) is 36.9 Å². The minimum absolute atomic E-state index is 0.0353. The summed E-state index contributed by atoms with van der Waals surface area (Å²) in [6.45, 7) is 4.84. The number of hydrogen-bond acceptors (Lipinski definition) is 4. The van der Waals surface area contributed by atoms with Gasteiger partial charge in [-0.05, 0) is 44.9 Å². The molecule has 1 N–H and O–H groups in total. The molecule has 150 valence electrons. The van der Waals surface area contributed by atoms with Crippen LogP contribution in [-0.4, -0.2) is 42.5 Å². The molecule has 2 heterocycles. The molecule has 28 heavy (non-hydrogen) atoms. The highest BCUT2D eigenvalue weighted by Gasteiger charge is 2.26. The van der Waals surface area contributed by atoms with Crippen LogP contribution in [0.3, 0.4) is 0 Å². The van der Waals surface area contributed by atoms with Crippen LogP contribution in [0.25, 0.3) is 0 Å². The summed E-state index contributed by atoms with van der Waals surface area (Å²) in [6.07, 6.45) is 1.87. The topological polar surface area (TPSA) is 71.8 Å². The fraction of sp³-hybridized carbons (Fsp3) is 0.429. The largest absolute Gasteiger partial charge is 0.466 e. The maximum Gasteiger partial charge on any atom is 0.257 e. The van der Waals surface area contributed by atoms with E-state index in [2.05, 4.69) is 5.32 Å². The first-order valence-corrected chi connectivity index (χ1v) is 9.46. The number of carbonyl (C=O) groups excluding carboxylic acids is 2. The van der Waals surface area contributed by atoms with Gasteiger partial charge in [-0.25, -0.2) is 4.39 Å². The first-order chi connectivity index (χ1) is 13.4. The Labute approximate surface area is 163 Å². The molecular formula is C21H25FN2O4. The van der Waals surface area contributed by atoms with Gasteiger partial charge in [0.15, 0.2) is 0 Å². The van der Waals surface area contributed by atoms with E-state index in [-0.39, 0.29) is 36.6 Å². The lowest BCUT2D eigenvalue weighted by atomic mass is 10.1. The molecule has 1 atom stereocenters. The number of halogens is 1. The molecule has 1 aliphatic rings. The van der Waals surface area contributed by atoms with Crippen molar-refractivity contribution >= 4 is 17.5 Å². The maximum absolute atomic E-state index is 13.7. The molecule has 1 aromatic heterocycles. The first kappa shape index (κ1) is 20.1. The van der Waals surface area contributed by atoms with Gasteiger partial charge in [0.2, 0.25) is 5.91 Å². The van der Waals surface area contributed by atoms with Crippen molar-refractivity contribution in [2.75, 3.05) is 25.0 Å². The van der Waals surface area contributed by atoms with Gasteiger partial charge in [-0.2, -0.15) is 0 Å². The van der Waals surface area contributed by atoms with Gasteiger partial charge < -0.3 is 19.4 Å². The van der Waals surface area contributed by atoms with Crippen LogP contribution in [0.2, 0.25) is 0 Å². The monoisotopic (exact) mass is 388 g/mol. The number of nitrogens with one attached hydrogen (secondary N) is 1. The Hall–Kier alpha value is -2.67. The van der Waals surface area contributed by atoms with Crippen LogP contribution in [-0.2, 0) is 9.53 Å². The van der Waals surface area contributed by atoms with Crippen molar-refractivity contribution in [2.45, 2.75) is 39.2 Å². The molecule has 0 radical (unpaired) electrons. The molecule has 6 nitrogen and oxygen atoms in total. The lowest BCUT2D eigenvalue weighted by Gasteiger charge is -2.25. The standard InChI is InChI=1S/C21H25FN2O4/c1-14-12-17(15(2)28-14)21(26)24(13-16-6-5-11-27-16)10-9-20(25)23-19-8-4-3-7-18(19)22/h3-4,7-8,12,16H,5-6,9-11,13H2,1-2H3,(H,23,25). The van der Waals surface area contributed by atoms with Crippen molar-refractivity contribution in [3.8, 4) is 0 Å². The van der Waals surface area contributed by atoms with Crippen molar-refractivity contribution in [2.24, 2.45) is 0 Å². The van der Waals surface area contributed by atoms with Crippen LogP contribution in [0, 0.1) is 19.7 Å². The number of anilines is 1. The van der Waals surface area contributed by atoms with E-state index >= 15 is 0 Å². The third-order valence-electron chi connectivity index (χ3n) is 4.76. The number of ether oxygens (including phenoxy) is 1. The van der Waals surface area contributed by atoms with Crippen LogP contribution in [0.5, 0.6) is 0 Å². The molecule has 2 aromatic rings. The lowest BCUT2D eigenvalue weighted by Crippen LogP contribution is -2.39. The van der Waals surface area contributed by atoms with E-state index in [4.69, 9.17) is 9.15 Å². The molecule has 2 amide bonds. The van der Waals surface area contributed by atoms with E-state index in [9.17, 15) is 14.0 Å². The fourth-order valence-corrected chi connectivity index (χ4v) is 3.34. The zero-order chi connectivity index (χ0) is 20.1. The van der Waals surface area contributed by atoms with Gasteiger partial charge >= 0.3 is 0 Å². The molecule has 1 saturated heterocycles. The van der Waals surface area contributed by atoms with Gasteiger partial charge in [-0.1, -0.05) is 12.1 Å². The van der Waals surface area contributed by atoms with E-state index in [0.717, 1.165) is 12.8 Å². The molecule has 0 saturated carbocycles. The number of amides is 2. The molecule has 0 bridgehead atoms. The summed E-state index contributed by atoms with van der Waals surface area (Å²) >= 11 is 0. The number of benzene rings is 1. The molecule has 1 aromatic carbocycles. The zero-order valence-electron chi connectivity index (χ0n) is 16.2. The average Bonchev–Trinajstić information content (AvgIpc) is 3.29. The van der Waals surface area contributed by atoms with Gasteiger partial charge in [0.25, 0.3) is 5.91 Å². The highest BCUT2D eigenvalue weighted by Crippen LogP contribution is 2.20. The summed E-state index contributed by atoms with van der Waals surface area (Å²) in [4.78, 5) is 26.9. The second-order valence-corrected chi connectivity index (χ2v) is 6.99. The number of furan rings is 1. The van der Waals surface area contributed by atoms with E-state index in [1.165, 1.54) is 12.1 Å². The Balaban J connectivity index is 1.66. The number of aryl methyl sites for hydroxylation is 2. The molecule has 1 unspecified atom stereocenters. The molecule has 0 spiro atoms. The second kappa shape index (κ2) is 9.01. The molecule has 1 aliphatic heterocycles. The van der Waals surface area contributed by atoms with Gasteiger partial charge in [-0.3, -0.25) is 9.59 Å². The molecule has 0 aliphatic carbocycles. The van der Waals surface area contributed by atoms with Gasteiger partial charge in [0.05, 0.1) is 17.4 Å². The Morgan fingerprint density at radius 1 is 1.29 bits per heavy atom. The third-order valence-corrected chi connectivity index (χ3v) is 4.76. The average molecular weight is 388 g/mol. The van der Waals surface area contributed by atoms with Gasteiger partial charge in [-0.15, -0.1) is 0 Å². The Morgan fingerprint density at radius 3 is 2.71 bits per heavy atom. The second-order valence-electron chi connectivity index (χ2n) is 6.99. The molecule has 7 heteroatoms. The Bertz CT molecular complexity index is 843. The van der Waals surface area contributed by atoms with E-state index in [0.29, 0.717) is 30.2 Å². The fourth-order valence-electron chi connectivity index (χ4n) is 3.34. The quantitative estimate of drug-likeness (QED) is 0.785. The summed E-state index contributed by atoms with van der Waals surface area (Å²) in [5.74, 6) is 0.178. The normalized spacial score (nSPS) is 16.2. The van der Waals surface area contributed by atoms with Crippen LogP contribution in [0.15, 0.2) is 34.7 Å². The summed E-state index contributed by atoms with van der Waals surface area (Å²) < 4.78 is 24.8. The summed E-state index contributed by atoms with van der Waals surface area (Å²) in [6, 6.07) is 7.70. The molecule has 1 fully saturated rings. The number of rotatable bonds is 7. The summed E-state index contributed by atoms with van der Waals surface area (Å²) in [5, 5.41) is 2.55. The van der Waals surface area contributed by atoms with Crippen molar-refractivity contribution in [1.82, 2.24) is 4.90 Å². The highest BCUT2D eigenvalue weighted by atomic mass is 19.1. The number of carbonyl (C=O) groups is 2. The highest BCUT2D eigenvalue weighted by molar-refractivity contribution is 5.96. The lowest BCUT2D eigenvalue weighted by molar-refractivity contribution is -0.116. The molecular weight excluding hydrogens is 363 g/mol. The van der Waals surface area contributed by atoms with E-state index in [1.807, 2.05) is 0 Å². The zero-order valence-corrected chi connectivity index (χ0v) is 16.2. The SMILES string of the molecule is Cc1cc(C(=O)N(CCC(=O)Nc2ccccc2F)CC2CCCO2)c(C)o1. The number of para-hydroxylation sites is 1. The van der Waals surface area contributed by atoms with Gasteiger partial charge in [0.1, 0.15) is 17.3 Å². The predicted octanol–water partition coefficient (Wildman–Crippen LogP) is 3.69.